The van der Waals surface area contributed by atoms with Crippen molar-refractivity contribution in [3.05, 3.63) is 84.2 Å². The number of fused-ring (bicyclic) bond motifs is 1. The Hall–Kier alpha value is -4.27. The van der Waals surface area contributed by atoms with Gasteiger partial charge < -0.3 is 15.0 Å². The van der Waals surface area contributed by atoms with E-state index >= 15 is 0 Å². The molecule has 1 aliphatic carbocycles. The largest absolute Gasteiger partial charge is 0.497 e. The number of nitrogens with zero attached hydrogens (tertiary/aromatic N) is 4. The number of aromatic nitrogens is 3. The number of benzene rings is 3. The molecule has 0 unspecified atom stereocenters. The van der Waals surface area contributed by atoms with Crippen LogP contribution in [0.2, 0.25) is 0 Å². The number of hydrogen-bond acceptors (Lipinski definition) is 5. The second kappa shape index (κ2) is 11.0. The molecular weight excluding hydrogens is 485 g/mol. The van der Waals surface area contributed by atoms with Gasteiger partial charge in [0.15, 0.2) is 0 Å². The molecule has 0 atom stereocenters. The summed E-state index contributed by atoms with van der Waals surface area (Å²) >= 11 is 0. The highest BCUT2D eigenvalue weighted by atomic mass is 19.1. The van der Waals surface area contributed by atoms with Gasteiger partial charge in [0.2, 0.25) is 11.8 Å². The summed E-state index contributed by atoms with van der Waals surface area (Å²) in [5, 5.41) is 11.3. The maximum atomic E-state index is 14.8. The Kier molecular flexibility index (Phi) is 7.35. The fraction of sp³-hybridized carbons (Fsp3) is 0.310. The number of methoxy groups -OCH3 is 1. The first-order chi connectivity index (χ1) is 18.5. The number of carbonyl (C=O) groups excluding carboxylic acids is 2. The van der Waals surface area contributed by atoms with Crippen LogP contribution in [-0.4, -0.2) is 44.4 Å². The van der Waals surface area contributed by atoms with E-state index in [0.29, 0.717) is 40.9 Å². The van der Waals surface area contributed by atoms with Crippen LogP contribution >= 0.6 is 0 Å². The Morgan fingerprint density at radius 2 is 1.71 bits per heavy atom. The third-order valence-corrected chi connectivity index (χ3v) is 7.26. The molecule has 4 aromatic rings. The second-order valence-corrected chi connectivity index (χ2v) is 9.58. The van der Waals surface area contributed by atoms with E-state index in [1.165, 1.54) is 10.7 Å². The first kappa shape index (κ1) is 25.4. The fourth-order valence-electron chi connectivity index (χ4n) is 5.20. The summed E-state index contributed by atoms with van der Waals surface area (Å²) in [6, 6.07) is 20.8. The number of halogens is 1. The molecule has 38 heavy (non-hydrogen) atoms. The molecule has 1 aliphatic rings. The molecular formula is C29H30FN5O3. The number of amides is 2. The standard InChI is InChI=1S/C29H30FN5O3/c1-38-23-15-13-22(14-16-23)31-28(37)29(17-7-2-8-18-29)34(19-21-9-3-4-10-24(21)30)27(36)20-35-26-12-6-5-11-25(26)32-33-35/h3-6,9-16H,2,7-8,17-20H2,1H3,(H,31,37). The van der Waals surface area contributed by atoms with Crippen LogP contribution < -0.4 is 10.1 Å². The van der Waals surface area contributed by atoms with E-state index in [2.05, 4.69) is 15.6 Å². The summed E-state index contributed by atoms with van der Waals surface area (Å²) in [5.41, 5.74) is 1.19. The van der Waals surface area contributed by atoms with Crippen LogP contribution in [0.3, 0.4) is 0 Å². The maximum Gasteiger partial charge on any atom is 0.250 e. The van der Waals surface area contributed by atoms with Gasteiger partial charge in [0.05, 0.1) is 12.6 Å². The molecule has 1 fully saturated rings. The zero-order chi connectivity index (χ0) is 26.5. The number of nitrogens with one attached hydrogen (secondary N) is 1. The summed E-state index contributed by atoms with van der Waals surface area (Å²) in [7, 11) is 1.58. The van der Waals surface area contributed by atoms with Gasteiger partial charge in [-0.3, -0.25) is 9.59 Å². The van der Waals surface area contributed by atoms with Gasteiger partial charge in [0, 0.05) is 17.8 Å². The number of hydrogen-bond donors (Lipinski definition) is 1. The summed E-state index contributed by atoms with van der Waals surface area (Å²) in [6.07, 6.45) is 3.49. The lowest BCUT2D eigenvalue weighted by Crippen LogP contribution is -2.60. The van der Waals surface area contributed by atoms with E-state index < -0.39 is 11.4 Å². The van der Waals surface area contributed by atoms with E-state index in [0.717, 1.165) is 19.3 Å². The van der Waals surface area contributed by atoms with E-state index in [1.54, 1.807) is 54.5 Å². The molecule has 2 amide bonds. The van der Waals surface area contributed by atoms with Gasteiger partial charge >= 0.3 is 0 Å². The number of anilines is 1. The Bertz CT molecular complexity index is 1430. The predicted octanol–water partition coefficient (Wildman–Crippen LogP) is 4.95. The number of para-hydroxylation sites is 1. The van der Waals surface area contributed by atoms with E-state index in [4.69, 9.17) is 4.74 Å². The van der Waals surface area contributed by atoms with E-state index in [1.807, 2.05) is 24.3 Å². The van der Waals surface area contributed by atoms with E-state index in [-0.39, 0.29) is 24.9 Å². The lowest BCUT2D eigenvalue weighted by Gasteiger charge is -2.45. The second-order valence-electron chi connectivity index (χ2n) is 9.58. The molecule has 1 saturated carbocycles. The maximum absolute atomic E-state index is 14.8. The SMILES string of the molecule is COc1ccc(NC(=O)C2(N(Cc3ccccc3F)C(=O)Cn3nnc4ccccc43)CCCCC2)cc1. The molecule has 1 aromatic heterocycles. The van der Waals surface area contributed by atoms with E-state index in [9.17, 15) is 14.0 Å². The topological polar surface area (TPSA) is 89.4 Å². The van der Waals surface area contributed by atoms with Gasteiger partial charge in [-0.1, -0.05) is 54.8 Å². The van der Waals surface area contributed by atoms with Crippen LogP contribution in [-0.2, 0) is 22.7 Å². The average molecular weight is 516 g/mol. The van der Waals surface area contributed by atoms with Crippen LogP contribution in [0.25, 0.3) is 11.0 Å². The summed E-state index contributed by atoms with van der Waals surface area (Å²) in [4.78, 5) is 29.6. The van der Waals surface area contributed by atoms with Crippen LogP contribution in [0.1, 0.15) is 37.7 Å². The van der Waals surface area contributed by atoms with Crippen molar-refractivity contribution in [1.82, 2.24) is 19.9 Å². The Labute approximate surface area is 220 Å². The highest BCUT2D eigenvalue weighted by Gasteiger charge is 2.47. The van der Waals surface area contributed by atoms with Crippen molar-refractivity contribution >= 4 is 28.5 Å². The lowest BCUT2D eigenvalue weighted by atomic mass is 9.78. The summed E-state index contributed by atoms with van der Waals surface area (Å²) < 4.78 is 21.6. The molecule has 196 valence electrons. The van der Waals surface area contributed by atoms with Crippen LogP contribution in [0.4, 0.5) is 10.1 Å². The van der Waals surface area contributed by atoms with Crippen molar-refractivity contribution in [3.63, 3.8) is 0 Å². The minimum absolute atomic E-state index is 0.0336. The molecule has 8 nitrogen and oxygen atoms in total. The normalized spacial score (nSPS) is 14.7. The van der Waals surface area contributed by atoms with Gasteiger partial charge in [-0.2, -0.15) is 0 Å². The molecule has 0 aliphatic heterocycles. The third kappa shape index (κ3) is 5.09. The van der Waals surface area contributed by atoms with Crippen LogP contribution in [0.15, 0.2) is 72.8 Å². The van der Waals surface area contributed by atoms with Gasteiger partial charge in [-0.25, -0.2) is 9.07 Å². The number of carbonyl (C=O) groups is 2. The smallest absolute Gasteiger partial charge is 0.250 e. The predicted molar refractivity (Wildman–Crippen MR) is 142 cm³/mol. The van der Waals surface area contributed by atoms with Crippen LogP contribution in [0.5, 0.6) is 5.75 Å². The lowest BCUT2D eigenvalue weighted by molar-refractivity contribution is -0.149. The molecule has 9 heteroatoms. The Morgan fingerprint density at radius 3 is 2.45 bits per heavy atom. The molecule has 3 aromatic carbocycles. The Balaban J connectivity index is 1.51. The van der Waals surface area contributed by atoms with Crippen molar-refractivity contribution < 1.29 is 18.7 Å². The average Bonchev–Trinajstić information content (AvgIpc) is 3.36. The molecule has 0 radical (unpaired) electrons. The molecule has 0 bridgehead atoms. The van der Waals surface area contributed by atoms with Crippen molar-refractivity contribution in [2.75, 3.05) is 12.4 Å². The molecule has 1 heterocycles. The van der Waals surface area contributed by atoms with Gasteiger partial charge in [0.25, 0.3) is 0 Å². The summed E-state index contributed by atoms with van der Waals surface area (Å²) in [6.45, 7) is -0.152. The van der Waals surface area contributed by atoms with Crippen molar-refractivity contribution in [3.8, 4) is 5.75 Å². The quantitative estimate of drug-likeness (QED) is 0.359. The molecule has 0 saturated heterocycles. The minimum Gasteiger partial charge on any atom is -0.497 e. The first-order valence-corrected chi connectivity index (χ1v) is 12.8. The third-order valence-electron chi connectivity index (χ3n) is 7.26. The van der Waals surface area contributed by atoms with Crippen LogP contribution in [0, 0.1) is 5.82 Å². The number of ether oxygens (including phenoxy) is 1. The first-order valence-electron chi connectivity index (χ1n) is 12.8. The highest BCUT2D eigenvalue weighted by molar-refractivity contribution is 6.00. The summed E-state index contributed by atoms with van der Waals surface area (Å²) in [5.74, 6) is -0.351. The number of rotatable bonds is 8. The van der Waals surface area contributed by atoms with Gasteiger partial charge in [-0.05, 0) is 55.3 Å². The van der Waals surface area contributed by atoms with Crippen molar-refractivity contribution in [2.45, 2.75) is 50.7 Å². The molecule has 5 rings (SSSR count). The minimum atomic E-state index is -1.14. The van der Waals surface area contributed by atoms with Gasteiger partial charge in [-0.15, -0.1) is 5.10 Å². The molecule has 1 N–H and O–H groups in total. The Morgan fingerprint density at radius 1 is 1.00 bits per heavy atom. The zero-order valence-corrected chi connectivity index (χ0v) is 21.3. The highest BCUT2D eigenvalue weighted by Crippen LogP contribution is 2.37. The zero-order valence-electron chi connectivity index (χ0n) is 21.3. The monoisotopic (exact) mass is 515 g/mol. The fourth-order valence-corrected chi connectivity index (χ4v) is 5.20. The van der Waals surface area contributed by atoms with Crippen molar-refractivity contribution in [2.24, 2.45) is 0 Å². The molecule has 0 spiro atoms. The van der Waals surface area contributed by atoms with Gasteiger partial charge in [0.1, 0.15) is 29.2 Å². The van der Waals surface area contributed by atoms with Crippen molar-refractivity contribution in [1.29, 1.82) is 0 Å².